The molecule has 2 rings (SSSR count). The highest BCUT2D eigenvalue weighted by Crippen LogP contribution is 2.20. The van der Waals surface area contributed by atoms with Crippen LogP contribution in [0.3, 0.4) is 0 Å². The van der Waals surface area contributed by atoms with Crippen molar-refractivity contribution in [3.05, 3.63) is 58.1 Å². The minimum absolute atomic E-state index is 0.108. The van der Waals surface area contributed by atoms with Gasteiger partial charge in [-0.2, -0.15) is 5.10 Å². The second kappa shape index (κ2) is 11.8. The van der Waals surface area contributed by atoms with Crippen LogP contribution in [0.1, 0.15) is 31.4 Å². The molecule has 0 aliphatic heterocycles. The minimum atomic E-state index is -0.862. The van der Waals surface area contributed by atoms with E-state index in [2.05, 4.69) is 37.1 Å². The Morgan fingerprint density at radius 3 is 2.61 bits per heavy atom. The molecule has 0 aromatic heterocycles. The minimum Gasteiger partial charge on any atom is -0.483 e. The second-order valence-corrected chi connectivity index (χ2v) is 7.73. The first-order valence-electron chi connectivity index (χ1n) is 9.71. The Labute approximate surface area is 189 Å². The number of amides is 3. The molecule has 0 heterocycles. The number of halogens is 1. The van der Waals surface area contributed by atoms with E-state index in [1.807, 2.05) is 26.0 Å². The van der Waals surface area contributed by atoms with E-state index in [1.54, 1.807) is 37.3 Å². The standard InChI is InChI=1S/C22H25BrN4O4/c1-4-15(3)25-21(29)22(30)27-24-12-16-7-5-6-8-19(16)31-13-20(28)26-18-10-9-17(23)11-14(18)2/h5-12,15H,4,13H2,1-3H3,(H,25,29)(H,26,28)(H,27,30)/b24-12-/t15-/m1/s1. The predicted molar refractivity (Wildman–Crippen MR) is 123 cm³/mol. The van der Waals surface area contributed by atoms with Crippen molar-refractivity contribution in [2.24, 2.45) is 5.10 Å². The van der Waals surface area contributed by atoms with Crippen molar-refractivity contribution in [2.45, 2.75) is 33.2 Å². The van der Waals surface area contributed by atoms with Gasteiger partial charge in [-0.1, -0.05) is 35.0 Å². The van der Waals surface area contributed by atoms with Crippen LogP contribution in [0.25, 0.3) is 0 Å². The SMILES string of the molecule is CC[C@@H](C)NC(=O)C(=O)N/N=C\c1ccccc1OCC(=O)Nc1ccc(Br)cc1C. The molecule has 0 bridgehead atoms. The van der Waals surface area contributed by atoms with Crippen molar-refractivity contribution < 1.29 is 19.1 Å². The van der Waals surface area contributed by atoms with Crippen LogP contribution in [-0.2, 0) is 14.4 Å². The van der Waals surface area contributed by atoms with E-state index >= 15 is 0 Å². The van der Waals surface area contributed by atoms with Crippen molar-refractivity contribution in [1.82, 2.24) is 10.7 Å². The van der Waals surface area contributed by atoms with Crippen LogP contribution < -0.4 is 20.8 Å². The first kappa shape index (κ1) is 24.1. The maximum Gasteiger partial charge on any atom is 0.329 e. The van der Waals surface area contributed by atoms with Gasteiger partial charge in [0.15, 0.2) is 6.61 Å². The summed E-state index contributed by atoms with van der Waals surface area (Å²) in [4.78, 5) is 35.7. The summed E-state index contributed by atoms with van der Waals surface area (Å²) in [5.74, 6) is -1.52. The lowest BCUT2D eigenvalue weighted by Crippen LogP contribution is -2.41. The average molecular weight is 489 g/mol. The molecule has 0 unspecified atom stereocenters. The van der Waals surface area contributed by atoms with Crippen LogP contribution in [0.15, 0.2) is 52.0 Å². The van der Waals surface area contributed by atoms with Gasteiger partial charge >= 0.3 is 11.8 Å². The number of para-hydroxylation sites is 1. The third-order valence-corrected chi connectivity index (χ3v) is 4.80. The Hall–Kier alpha value is -3.20. The number of nitrogens with zero attached hydrogens (tertiary/aromatic N) is 1. The zero-order valence-electron chi connectivity index (χ0n) is 17.6. The van der Waals surface area contributed by atoms with E-state index in [1.165, 1.54) is 6.21 Å². The molecule has 2 aromatic carbocycles. The highest BCUT2D eigenvalue weighted by atomic mass is 79.9. The summed E-state index contributed by atoms with van der Waals surface area (Å²) in [5, 5.41) is 9.15. The number of hydrazone groups is 1. The Bertz CT molecular complexity index is 978. The van der Waals surface area contributed by atoms with Crippen molar-refractivity contribution in [3.8, 4) is 5.75 Å². The van der Waals surface area contributed by atoms with Gasteiger partial charge in [-0.3, -0.25) is 14.4 Å². The van der Waals surface area contributed by atoms with Gasteiger partial charge in [0.25, 0.3) is 5.91 Å². The second-order valence-electron chi connectivity index (χ2n) is 6.82. The third kappa shape index (κ3) is 7.86. The summed E-state index contributed by atoms with van der Waals surface area (Å²) in [7, 11) is 0. The summed E-state index contributed by atoms with van der Waals surface area (Å²) in [6.45, 7) is 5.39. The fraction of sp³-hybridized carbons (Fsp3) is 0.273. The van der Waals surface area contributed by atoms with Crippen LogP contribution in [0.2, 0.25) is 0 Å². The Morgan fingerprint density at radius 1 is 1.16 bits per heavy atom. The number of aryl methyl sites for hydroxylation is 1. The van der Waals surface area contributed by atoms with Gasteiger partial charge in [-0.25, -0.2) is 5.43 Å². The number of ether oxygens (including phenoxy) is 1. The molecule has 3 amide bonds. The van der Waals surface area contributed by atoms with E-state index in [9.17, 15) is 14.4 Å². The van der Waals surface area contributed by atoms with Gasteiger partial charge in [0.1, 0.15) is 5.75 Å². The zero-order valence-corrected chi connectivity index (χ0v) is 19.2. The largest absolute Gasteiger partial charge is 0.483 e. The Kier molecular flexibility index (Phi) is 9.20. The van der Waals surface area contributed by atoms with Gasteiger partial charge in [-0.05, 0) is 56.2 Å². The third-order valence-electron chi connectivity index (χ3n) is 4.31. The first-order valence-corrected chi connectivity index (χ1v) is 10.5. The van der Waals surface area contributed by atoms with Crippen molar-refractivity contribution >= 4 is 45.6 Å². The first-order chi connectivity index (χ1) is 14.8. The maximum atomic E-state index is 12.2. The zero-order chi connectivity index (χ0) is 22.8. The molecule has 0 fully saturated rings. The summed E-state index contributed by atoms with van der Waals surface area (Å²) in [5.41, 5.74) is 4.33. The molecule has 9 heteroatoms. The van der Waals surface area contributed by atoms with Crippen LogP contribution in [0.4, 0.5) is 5.69 Å². The number of carbonyl (C=O) groups excluding carboxylic acids is 3. The van der Waals surface area contributed by atoms with Gasteiger partial charge in [0.05, 0.1) is 6.21 Å². The number of nitrogens with one attached hydrogen (secondary N) is 3. The normalized spacial score (nSPS) is 11.6. The fourth-order valence-electron chi connectivity index (χ4n) is 2.42. The molecule has 3 N–H and O–H groups in total. The smallest absolute Gasteiger partial charge is 0.329 e. The van der Waals surface area contributed by atoms with E-state index in [0.29, 0.717) is 23.4 Å². The summed E-state index contributed by atoms with van der Waals surface area (Å²) in [6, 6.07) is 12.3. The number of rotatable bonds is 8. The molecule has 2 aromatic rings. The Morgan fingerprint density at radius 2 is 1.90 bits per heavy atom. The molecule has 1 atom stereocenters. The van der Waals surface area contributed by atoms with Crippen molar-refractivity contribution in [1.29, 1.82) is 0 Å². The fourth-order valence-corrected chi connectivity index (χ4v) is 2.89. The van der Waals surface area contributed by atoms with E-state index in [0.717, 1.165) is 10.0 Å². The quantitative estimate of drug-likeness (QED) is 0.301. The van der Waals surface area contributed by atoms with Crippen molar-refractivity contribution in [3.63, 3.8) is 0 Å². The van der Waals surface area contributed by atoms with Crippen LogP contribution in [0.5, 0.6) is 5.75 Å². The Balaban J connectivity index is 1.92. The lowest BCUT2D eigenvalue weighted by atomic mass is 10.2. The lowest BCUT2D eigenvalue weighted by molar-refractivity contribution is -0.139. The van der Waals surface area contributed by atoms with Crippen LogP contribution in [0, 0.1) is 6.92 Å². The van der Waals surface area contributed by atoms with Gasteiger partial charge in [0, 0.05) is 21.8 Å². The number of carbonyl (C=O) groups is 3. The molecular formula is C22H25BrN4O4. The van der Waals surface area contributed by atoms with Gasteiger partial charge in [-0.15, -0.1) is 0 Å². The molecular weight excluding hydrogens is 464 g/mol. The van der Waals surface area contributed by atoms with Gasteiger partial charge in [0.2, 0.25) is 0 Å². The molecule has 0 saturated heterocycles. The molecule has 0 aliphatic carbocycles. The number of benzene rings is 2. The highest BCUT2D eigenvalue weighted by molar-refractivity contribution is 9.10. The summed E-state index contributed by atoms with van der Waals surface area (Å²) < 4.78 is 6.53. The highest BCUT2D eigenvalue weighted by Gasteiger charge is 2.14. The molecule has 0 radical (unpaired) electrons. The van der Waals surface area contributed by atoms with E-state index in [-0.39, 0.29) is 18.6 Å². The average Bonchev–Trinajstić information content (AvgIpc) is 2.74. The number of anilines is 1. The van der Waals surface area contributed by atoms with E-state index in [4.69, 9.17) is 4.74 Å². The predicted octanol–water partition coefficient (Wildman–Crippen LogP) is 3.14. The molecule has 0 aliphatic rings. The number of hydrogen-bond donors (Lipinski definition) is 3. The lowest BCUT2D eigenvalue weighted by Gasteiger charge is -2.11. The van der Waals surface area contributed by atoms with Gasteiger partial charge < -0.3 is 15.4 Å². The topological polar surface area (TPSA) is 109 Å². The molecule has 0 saturated carbocycles. The van der Waals surface area contributed by atoms with Crippen molar-refractivity contribution in [2.75, 3.05) is 11.9 Å². The molecule has 164 valence electrons. The molecule has 8 nitrogen and oxygen atoms in total. The van der Waals surface area contributed by atoms with Crippen LogP contribution >= 0.6 is 15.9 Å². The number of hydrogen-bond acceptors (Lipinski definition) is 5. The summed E-state index contributed by atoms with van der Waals surface area (Å²) >= 11 is 3.38. The maximum absolute atomic E-state index is 12.2. The molecule has 0 spiro atoms. The summed E-state index contributed by atoms with van der Waals surface area (Å²) in [6.07, 6.45) is 2.06. The van der Waals surface area contributed by atoms with Crippen LogP contribution in [-0.4, -0.2) is 36.6 Å². The molecule has 31 heavy (non-hydrogen) atoms. The monoisotopic (exact) mass is 488 g/mol. The van der Waals surface area contributed by atoms with E-state index < -0.39 is 11.8 Å².